The van der Waals surface area contributed by atoms with Crippen LogP contribution in [0.3, 0.4) is 0 Å². The number of carbonyl (C=O) groups excluding carboxylic acids is 1. The average molecular weight is 436 g/mol. The van der Waals surface area contributed by atoms with E-state index in [1.54, 1.807) is 31.3 Å². The zero-order chi connectivity index (χ0) is 22.8. The number of rotatable bonds is 5. The number of hydrogen-bond acceptors (Lipinski definition) is 5. The predicted octanol–water partition coefficient (Wildman–Crippen LogP) is 2.58. The van der Waals surface area contributed by atoms with Crippen molar-refractivity contribution in [2.75, 3.05) is 19.8 Å². The van der Waals surface area contributed by atoms with Crippen LogP contribution in [0.2, 0.25) is 0 Å². The number of hydrogen-bond donors (Lipinski definition) is 2. The number of pyridine rings is 1. The highest BCUT2D eigenvalue weighted by Crippen LogP contribution is 2.30. The Morgan fingerprint density at radius 3 is 2.72 bits per heavy atom. The maximum Gasteiger partial charge on any atom is 0.328 e. The van der Waals surface area contributed by atoms with Crippen LogP contribution in [0.25, 0.3) is 21.9 Å². The summed E-state index contributed by atoms with van der Waals surface area (Å²) in [6.45, 7) is 3.97. The highest BCUT2D eigenvalue weighted by molar-refractivity contribution is 5.97. The number of nitrogens with one attached hydrogen (secondary N) is 1. The molecular weight excluding hydrogens is 412 g/mol. The lowest BCUT2D eigenvalue weighted by molar-refractivity contribution is -0.161. The molecule has 0 saturated carbocycles. The number of aromatic nitrogens is 1. The monoisotopic (exact) mass is 436 g/mol. The lowest BCUT2D eigenvalue weighted by Gasteiger charge is -2.34. The Morgan fingerprint density at radius 2 is 1.97 bits per heavy atom. The number of aromatic amines is 1. The lowest BCUT2D eigenvalue weighted by atomic mass is 9.97. The van der Waals surface area contributed by atoms with Crippen LogP contribution >= 0.6 is 0 Å². The molecule has 1 saturated heterocycles. The molecule has 0 bridgehead atoms. The molecule has 2 N–H and O–H groups in total. The predicted molar refractivity (Wildman–Crippen MR) is 119 cm³/mol. The molecule has 2 heterocycles. The standard InChI is InChI=1S/C24H24N2O6/c1-14-5-3-4-6-17(14)20-12-25-22(27)19-11-16(7-8-18(19)20)32-15(2)23(28)26-9-10-31-13-21(26)24(29)30/h3-8,11-12,15,21H,9-10,13H2,1-2H3,(H,25,27)(H,29,30)/t15-,21+/m1/s1. The van der Waals surface area contributed by atoms with Crippen molar-refractivity contribution >= 4 is 22.6 Å². The number of aliphatic carboxylic acids is 1. The van der Waals surface area contributed by atoms with Crippen LogP contribution in [0.5, 0.6) is 5.75 Å². The van der Waals surface area contributed by atoms with Crippen LogP contribution in [-0.2, 0) is 14.3 Å². The SMILES string of the molecule is Cc1ccccc1-c1c[nH]c(=O)c2cc(O[C@H](C)C(=O)N3CCOC[C@H]3C(=O)O)ccc12. The van der Waals surface area contributed by atoms with Crippen molar-refractivity contribution in [1.82, 2.24) is 9.88 Å². The molecule has 1 fully saturated rings. The number of amides is 1. The summed E-state index contributed by atoms with van der Waals surface area (Å²) in [5, 5.41) is 10.6. The Hall–Kier alpha value is -3.65. The molecular formula is C24H24N2O6. The van der Waals surface area contributed by atoms with Crippen molar-refractivity contribution in [1.29, 1.82) is 0 Å². The van der Waals surface area contributed by atoms with Crippen molar-refractivity contribution in [3.05, 3.63) is 64.6 Å². The highest BCUT2D eigenvalue weighted by Gasteiger charge is 2.35. The fourth-order valence-electron chi connectivity index (χ4n) is 3.97. The molecule has 8 nitrogen and oxygen atoms in total. The summed E-state index contributed by atoms with van der Waals surface area (Å²) in [4.78, 5) is 40.9. The molecule has 4 rings (SSSR count). The molecule has 0 spiro atoms. The van der Waals surface area contributed by atoms with Crippen molar-refractivity contribution in [3.63, 3.8) is 0 Å². The van der Waals surface area contributed by atoms with Gasteiger partial charge in [-0.25, -0.2) is 4.79 Å². The maximum absolute atomic E-state index is 12.8. The van der Waals surface area contributed by atoms with Crippen LogP contribution in [0, 0.1) is 6.92 Å². The molecule has 8 heteroatoms. The van der Waals surface area contributed by atoms with Crippen LogP contribution in [0.4, 0.5) is 0 Å². The number of morpholine rings is 1. The molecule has 3 aromatic rings. The van der Waals surface area contributed by atoms with Crippen molar-refractivity contribution in [2.24, 2.45) is 0 Å². The van der Waals surface area contributed by atoms with Gasteiger partial charge in [-0.3, -0.25) is 9.59 Å². The smallest absolute Gasteiger partial charge is 0.328 e. The number of nitrogens with zero attached hydrogens (tertiary/aromatic N) is 1. The van der Waals surface area contributed by atoms with Crippen molar-refractivity contribution < 1.29 is 24.2 Å². The van der Waals surface area contributed by atoms with Gasteiger partial charge in [-0.05, 0) is 48.6 Å². The second-order valence-corrected chi connectivity index (χ2v) is 7.77. The van der Waals surface area contributed by atoms with Gasteiger partial charge in [0.05, 0.1) is 18.6 Å². The first kappa shape index (κ1) is 21.6. The molecule has 1 aliphatic heterocycles. The number of carboxylic acid groups (broad SMARTS) is 1. The zero-order valence-electron chi connectivity index (χ0n) is 17.8. The normalized spacial score (nSPS) is 17.2. The Labute approximate surface area is 184 Å². The molecule has 0 aliphatic carbocycles. The number of carboxylic acids is 1. The van der Waals surface area contributed by atoms with E-state index in [1.807, 2.05) is 31.2 Å². The Balaban J connectivity index is 1.62. The summed E-state index contributed by atoms with van der Waals surface area (Å²) in [5.41, 5.74) is 2.73. The van der Waals surface area contributed by atoms with Crippen molar-refractivity contribution in [2.45, 2.75) is 26.0 Å². The summed E-state index contributed by atoms with van der Waals surface area (Å²) in [5.74, 6) is -1.21. The average Bonchev–Trinajstić information content (AvgIpc) is 2.79. The van der Waals surface area contributed by atoms with Crippen molar-refractivity contribution in [3.8, 4) is 16.9 Å². The highest BCUT2D eigenvalue weighted by atomic mass is 16.5. The Kier molecular flexibility index (Phi) is 5.96. The zero-order valence-corrected chi connectivity index (χ0v) is 17.8. The van der Waals surface area contributed by atoms with Gasteiger partial charge in [0.25, 0.3) is 11.5 Å². The number of carbonyl (C=O) groups is 2. The fourth-order valence-corrected chi connectivity index (χ4v) is 3.97. The summed E-state index contributed by atoms with van der Waals surface area (Å²) in [6, 6.07) is 12.0. The molecule has 0 unspecified atom stereocenters. The van der Waals surface area contributed by atoms with Crippen LogP contribution in [0.1, 0.15) is 12.5 Å². The minimum Gasteiger partial charge on any atom is -0.481 e. The third-order valence-electron chi connectivity index (χ3n) is 5.67. The molecule has 1 aromatic heterocycles. The number of benzene rings is 2. The summed E-state index contributed by atoms with van der Waals surface area (Å²) < 4.78 is 11.0. The molecule has 166 valence electrons. The Bertz CT molecular complexity index is 1230. The van der Waals surface area contributed by atoms with E-state index in [1.165, 1.54) is 4.90 Å². The van der Waals surface area contributed by atoms with E-state index in [4.69, 9.17) is 9.47 Å². The van der Waals surface area contributed by atoms with Gasteiger partial charge in [0, 0.05) is 18.3 Å². The number of fused-ring (bicyclic) bond motifs is 1. The minimum absolute atomic E-state index is 0.0547. The molecule has 1 aliphatic rings. The first-order valence-corrected chi connectivity index (χ1v) is 10.4. The molecule has 32 heavy (non-hydrogen) atoms. The third-order valence-corrected chi connectivity index (χ3v) is 5.67. The quantitative estimate of drug-likeness (QED) is 0.636. The second kappa shape index (κ2) is 8.84. The largest absolute Gasteiger partial charge is 0.481 e. The molecule has 2 aromatic carbocycles. The summed E-state index contributed by atoms with van der Waals surface area (Å²) in [7, 11) is 0. The topological polar surface area (TPSA) is 109 Å². The van der Waals surface area contributed by atoms with Gasteiger partial charge in [-0.2, -0.15) is 0 Å². The summed E-state index contributed by atoms with van der Waals surface area (Å²) in [6.07, 6.45) is 0.774. The van der Waals surface area contributed by atoms with Gasteiger partial charge in [0.1, 0.15) is 5.75 Å². The van der Waals surface area contributed by atoms with Gasteiger partial charge < -0.3 is 24.5 Å². The van der Waals surface area contributed by atoms with Gasteiger partial charge in [-0.15, -0.1) is 0 Å². The van der Waals surface area contributed by atoms with E-state index in [-0.39, 0.29) is 25.3 Å². The van der Waals surface area contributed by atoms with E-state index < -0.39 is 24.0 Å². The van der Waals surface area contributed by atoms with E-state index in [9.17, 15) is 19.5 Å². The van der Waals surface area contributed by atoms with E-state index in [0.717, 1.165) is 22.1 Å². The van der Waals surface area contributed by atoms with Gasteiger partial charge in [0.15, 0.2) is 12.1 Å². The lowest BCUT2D eigenvalue weighted by Crippen LogP contribution is -2.55. The third kappa shape index (κ3) is 4.09. The fraction of sp³-hybridized carbons (Fsp3) is 0.292. The van der Waals surface area contributed by atoms with E-state index in [0.29, 0.717) is 11.1 Å². The minimum atomic E-state index is -1.12. The molecule has 1 amide bonds. The van der Waals surface area contributed by atoms with Gasteiger partial charge in [0.2, 0.25) is 0 Å². The molecule has 0 radical (unpaired) electrons. The summed E-state index contributed by atoms with van der Waals surface area (Å²) >= 11 is 0. The maximum atomic E-state index is 12.8. The van der Waals surface area contributed by atoms with Crippen LogP contribution in [-0.4, -0.2) is 58.8 Å². The Morgan fingerprint density at radius 1 is 1.19 bits per heavy atom. The first-order chi connectivity index (χ1) is 15.4. The van der Waals surface area contributed by atoms with Crippen LogP contribution < -0.4 is 10.3 Å². The van der Waals surface area contributed by atoms with Gasteiger partial charge >= 0.3 is 5.97 Å². The first-order valence-electron chi connectivity index (χ1n) is 10.4. The van der Waals surface area contributed by atoms with E-state index >= 15 is 0 Å². The second-order valence-electron chi connectivity index (χ2n) is 7.77. The van der Waals surface area contributed by atoms with Gasteiger partial charge in [-0.1, -0.05) is 24.3 Å². The number of aryl methyl sites for hydroxylation is 1. The molecule has 2 atom stereocenters. The number of H-pyrrole nitrogens is 1. The van der Waals surface area contributed by atoms with E-state index in [2.05, 4.69) is 4.98 Å². The van der Waals surface area contributed by atoms with Crippen LogP contribution in [0.15, 0.2) is 53.5 Å². The number of ether oxygens (including phenoxy) is 2.